The van der Waals surface area contributed by atoms with Crippen LogP contribution in [0.25, 0.3) is 0 Å². The molecule has 4 nitrogen and oxygen atoms in total. The van der Waals surface area contributed by atoms with Gasteiger partial charge in [-0.1, -0.05) is 48.5 Å². The molecule has 2 amide bonds. The van der Waals surface area contributed by atoms with Crippen LogP contribution in [0.4, 0.5) is 9.18 Å². The summed E-state index contributed by atoms with van der Waals surface area (Å²) in [6.45, 7) is 2.34. The third kappa shape index (κ3) is 6.19. The van der Waals surface area contributed by atoms with Crippen molar-refractivity contribution in [2.75, 3.05) is 13.2 Å². The maximum Gasteiger partial charge on any atom is 0.315 e. The second-order valence-electron chi connectivity index (χ2n) is 6.17. The lowest BCUT2D eigenvalue weighted by atomic mass is 9.96. The van der Waals surface area contributed by atoms with E-state index in [1.807, 2.05) is 37.3 Å². The van der Waals surface area contributed by atoms with Crippen LogP contribution in [0.1, 0.15) is 30.4 Å². The zero-order chi connectivity index (χ0) is 18.1. The molecule has 0 aliphatic carbocycles. The van der Waals surface area contributed by atoms with Gasteiger partial charge in [-0.2, -0.15) is 0 Å². The lowest BCUT2D eigenvalue weighted by molar-refractivity contribution is 0.234. The molecule has 0 fully saturated rings. The fraction of sp³-hybridized carbons (Fsp3) is 0.350. The molecule has 0 saturated heterocycles. The van der Waals surface area contributed by atoms with Crippen LogP contribution in [-0.2, 0) is 6.42 Å². The highest BCUT2D eigenvalue weighted by Crippen LogP contribution is 2.18. The highest BCUT2D eigenvalue weighted by atomic mass is 19.1. The van der Waals surface area contributed by atoms with E-state index in [9.17, 15) is 14.3 Å². The summed E-state index contributed by atoms with van der Waals surface area (Å²) in [7, 11) is 0. The monoisotopic (exact) mass is 344 g/mol. The Morgan fingerprint density at radius 3 is 2.48 bits per heavy atom. The van der Waals surface area contributed by atoms with Gasteiger partial charge in [0.1, 0.15) is 5.82 Å². The normalized spacial score (nSPS) is 13.1. The molecular weight excluding hydrogens is 319 g/mol. The molecule has 2 aromatic rings. The van der Waals surface area contributed by atoms with Crippen molar-refractivity contribution in [2.45, 2.75) is 31.7 Å². The van der Waals surface area contributed by atoms with Gasteiger partial charge >= 0.3 is 6.03 Å². The predicted octanol–water partition coefficient (Wildman–Crippen LogP) is 3.22. The Kier molecular flexibility index (Phi) is 7.41. The zero-order valence-corrected chi connectivity index (χ0v) is 14.4. The van der Waals surface area contributed by atoms with Crippen LogP contribution >= 0.6 is 0 Å². The molecule has 3 N–H and O–H groups in total. The molecule has 0 aliphatic rings. The number of halogens is 1. The molecule has 0 spiro atoms. The van der Waals surface area contributed by atoms with Gasteiger partial charge in [-0.25, -0.2) is 9.18 Å². The average molecular weight is 344 g/mol. The first-order chi connectivity index (χ1) is 12.1. The minimum Gasteiger partial charge on any atom is -0.396 e. The topological polar surface area (TPSA) is 61.4 Å². The number of urea groups is 1. The van der Waals surface area contributed by atoms with Gasteiger partial charge in [0.25, 0.3) is 0 Å². The minimum atomic E-state index is -0.289. The first-order valence-corrected chi connectivity index (χ1v) is 8.53. The number of hydrogen-bond donors (Lipinski definition) is 3. The molecule has 2 aromatic carbocycles. The maximum atomic E-state index is 13.7. The molecule has 0 aromatic heterocycles. The Morgan fingerprint density at radius 2 is 1.80 bits per heavy atom. The minimum absolute atomic E-state index is 0.0545. The molecular formula is C20H25FN2O2. The average Bonchev–Trinajstić information content (AvgIpc) is 2.61. The van der Waals surface area contributed by atoms with E-state index in [0.717, 1.165) is 5.56 Å². The molecule has 25 heavy (non-hydrogen) atoms. The summed E-state index contributed by atoms with van der Waals surface area (Å²) in [6.07, 6.45) is 1.01. The van der Waals surface area contributed by atoms with Gasteiger partial charge in [0.05, 0.1) is 0 Å². The van der Waals surface area contributed by atoms with E-state index < -0.39 is 0 Å². The number of carbonyl (C=O) groups excluding carboxylic acids is 1. The summed E-state index contributed by atoms with van der Waals surface area (Å²) in [4.78, 5) is 12.1. The van der Waals surface area contributed by atoms with Gasteiger partial charge in [-0.15, -0.1) is 0 Å². The molecule has 134 valence electrons. The summed E-state index contributed by atoms with van der Waals surface area (Å²) < 4.78 is 13.7. The van der Waals surface area contributed by atoms with Crippen molar-refractivity contribution in [3.8, 4) is 0 Å². The Bertz CT molecular complexity index is 664. The fourth-order valence-corrected chi connectivity index (χ4v) is 2.80. The van der Waals surface area contributed by atoms with Crippen molar-refractivity contribution in [3.63, 3.8) is 0 Å². The van der Waals surface area contributed by atoms with Crippen molar-refractivity contribution in [3.05, 3.63) is 71.5 Å². The summed E-state index contributed by atoms with van der Waals surface area (Å²) >= 11 is 0. The lowest BCUT2D eigenvalue weighted by Gasteiger charge is -2.19. The molecule has 0 saturated carbocycles. The smallest absolute Gasteiger partial charge is 0.315 e. The number of rotatable bonds is 8. The number of aliphatic hydroxyl groups is 1. The molecule has 0 bridgehead atoms. The number of carbonyl (C=O) groups is 1. The Labute approximate surface area is 148 Å². The van der Waals surface area contributed by atoms with Gasteiger partial charge in [-0.05, 0) is 37.0 Å². The quantitative estimate of drug-likeness (QED) is 0.688. The van der Waals surface area contributed by atoms with Crippen molar-refractivity contribution in [1.29, 1.82) is 0 Å². The molecule has 0 heterocycles. The fourth-order valence-electron chi connectivity index (χ4n) is 2.80. The predicted molar refractivity (Wildman–Crippen MR) is 97.0 cm³/mol. The van der Waals surface area contributed by atoms with Gasteiger partial charge in [0.2, 0.25) is 0 Å². The number of benzene rings is 2. The van der Waals surface area contributed by atoms with Crippen molar-refractivity contribution in [2.24, 2.45) is 0 Å². The largest absolute Gasteiger partial charge is 0.396 e. The van der Waals surface area contributed by atoms with Crippen molar-refractivity contribution in [1.82, 2.24) is 10.6 Å². The highest BCUT2D eigenvalue weighted by molar-refractivity contribution is 5.74. The van der Waals surface area contributed by atoms with Gasteiger partial charge in [0, 0.05) is 25.1 Å². The van der Waals surface area contributed by atoms with Crippen molar-refractivity contribution < 1.29 is 14.3 Å². The van der Waals surface area contributed by atoms with Crippen LogP contribution in [0.15, 0.2) is 54.6 Å². The van der Waals surface area contributed by atoms with Crippen LogP contribution in [0, 0.1) is 5.82 Å². The Balaban J connectivity index is 1.83. The van der Waals surface area contributed by atoms with Gasteiger partial charge in [0.15, 0.2) is 0 Å². The summed E-state index contributed by atoms with van der Waals surface area (Å²) in [6, 6.07) is 15.9. The Morgan fingerprint density at radius 1 is 1.12 bits per heavy atom. The van der Waals surface area contributed by atoms with Crippen LogP contribution in [-0.4, -0.2) is 30.3 Å². The van der Waals surface area contributed by atoms with E-state index in [4.69, 9.17) is 0 Å². The third-order valence-corrected chi connectivity index (χ3v) is 4.12. The van der Waals surface area contributed by atoms with Crippen LogP contribution in [0.2, 0.25) is 0 Å². The SMILES string of the molecule is CC(Cc1ccccc1F)NC(=O)NCC(CCO)c1ccccc1. The molecule has 0 radical (unpaired) electrons. The van der Waals surface area contributed by atoms with E-state index in [2.05, 4.69) is 10.6 Å². The number of nitrogens with one attached hydrogen (secondary N) is 2. The second-order valence-corrected chi connectivity index (χ2v) is 6.17. The summed E-state index contributed by atoms with van der Waals surface area (Å²) in [5, 5.41) is 14.9. The highest BCUT2D eigenvalue weighted by Gasteiger charge is 2.14. The van der Waals surface area contributed by atoms with Crippen molar-refractivity contribution >= 4 is 6.03 Å². The van der Waals surface area contributed by atoms with Crippen LogP contribution < -0.4 is 10.6 Å². The lowest BCUT2D eigenvalue weighted by Crippen LogP contribution is -2.43. The van der Waals surface area contributed by atoms with E-state index in [0.29, 0.717) is 24.9 Å². The molecule has 2 atom stereocenters. The molecule has 2 unspecified atom stereocenters. The van der Waals surface area contributed by atoms with E-state index in [1.54, 1.807) is 18.2 Å². The summed E-state index contributed by atoms with van der Waals surface area (Å²) in [5.74, 6) is -0.206. The number of hydrogen-bond acceptors (Lipinski definition) is 2. The van der Waals surface area contributed by atoms with Gasteiger partial charge in [-0.3, -0.25) is 0 Å². The van der Waals surface area contributed by atoms with Gasteiger partial charge < -0.3 is 15.7 Å². The molecule has 2 rings (SSSR count). The summed E-state index contributed by atoms with van der Waals surface area (Å²) in [5.41, 5.74) is 1.66. The van der Waals surface area contributed by atoms with Crippen LogP contribution in [0.3, 0.4) is 0 Å². The second kappa shape index (κ2) is 9.79. The van der Waals surface area contributed by atoms with E-state index >= 15 is 0 Å². The van der Waals surface area contributed by atoms with E-state index in [-0.39, 0.29) is 30.4 Å². The first-order valence-electron chi connectivity index (χ1n) is 8.53. The number of amides is 2. The van der Waals surface area contributed by atoms with Crippen LogP contribution in [0.5, 0.6) is 0 Å². The first kappa shape index (κ1) is 18.9. The maximum absolute atomic E-state index is 13.7. The molecule has 0 aliphatic heterocycles. The molecule has 5 heteroatoms. The number of aliphatic hydroxyl groups excluding tert-OH is 1. The zero-order valence-electron chi connectivity index (χ0n) is 14.4. The van der Waals surface area contributed by atoms with E-state index in [1.165, 1.54) is 6.07 Å². The Hall–Kier alpha value is -2.40. The third-order valence-electron chi connectivity index (χ3n) is 4.12. The standard InChI is InChI=1S/C20H25FN2O2/c1-15(13-17-9-5-6-10-19(17)21)23-20(25)22-14-18(11-12-24)16-7-3-2-4-8-16/h2-10,15,18,24H,11-14H2,1H3,(H2,22,23,25).